The van der Waals surface area contributed by atoms with Crippen molar-refractivity contribution < 1.29 is 14.6 Å². The minimum Gasteiger partial charge on any atom is -0.497 e. The van der Waals surface area contributed by atoms with Crippen LogP contribution in [0.2, 0.25) is 0 Å². The zero-order chi connectivity index (χ0) is 13.7. The van der Waals surface area contributed by atoms with E-state index in [-0.39, 0.29) is 11.7 Å². The van der Waals surface area contributed by atoms with Gasteiger partial charge in [-0.1, -0.05) is 23.9 Å². The van der Waals surface area contributed by atoms with Crippen molar-refractivity contribution >= 4 is 17.7 Å². The highest BCUT2D eigenvalue weighted by Crippen LogP contribution is 2.36. The second kappa shape index (κ2) is 6.24. The maximum absolute atomic E-state index is 11.0. The summed E-state index contributed by atoms with van der Waals surface area (Å²) in [6, 6.07) is 7.34. The van der Waals surface area contributed by atoms with Gasteiger partial charge in [0.05, 0.1) is 13.5 Å². The van der Waals surface area contributed by atoms with E-state index in [0.717, 1.165) is 11.3 Å². The number of hydrogen-bond donors (Lipinski definition) is 2. The number of rotatable bonds is 6. The number of aromatic amines is 1. The van der Waals surface area contributed by atoms with Crippen molar-refractivity contribution in [3.05, 3.63) is 36.2 Å². The minimum absolute atomic E-state index is 0.0116. The number of ether oxygens (including phenoxy) is 1. The fourth-order valence-corrected chi connectivity index (χ4v) is 2.59. The van der Waals surface area contributed by atoms with Crippen LogP contribution in [0.15, 0.2) is 35.7 Å². The maximum atomic E-state index is 11.0. The third-order valence-electron chi connectivity index (χ3n) is 2.49. The summed E-state index contributed by atoms with van der Waals surface area (Å²) in [5.74, 6) is -0.115. The van der Waals surface area contributed by atoms with Gasteiger partial charge in [-0.15, -0.1) is 0 Å². The van der Waals surface area contributed by atoms with Crippen LogP contribution in [0.5, 0.6) is 5.75 Å². The molecule has 7 heteroatoms. The van der Waals surface area contributed by atoms with Gasteiger partial charge < -0.3 is 9.84 Å². The van der Waals surface area contributed by atoms with Crippen molar-refractivity contribution in [1.82, 2.24) is 15.2 Å². The van der Waals surface area contributed by atoms with Crippen molar-refractivity contribution in [3.63, 3.8) is 0 Å². The van der Waals surface area contributed by atoms with Crippen LogP contribution in [-0.2, 0) is 4.79 Å². The van der Waals surface area contributed by atoms with E-state index in [4.69, 9.17) is 9.84 Å². The number of thioether (sulfide) groups is 1. The number of nitrogens with zero attached hydrogens (tertiary/aromatic N) is 2. The Kier molecular flexibility index (Phi) is 4.40. The second-order valence-electron chi connectivity index (χ2n) is 3.77. The number of carboxylic acid groups (broad SMARTS) is 1. The first-order valence-electron chi connectivity index (χ1n) is 5.57. The fourth-order valence-electron chi connectivity index (χ4n) is 1.59. The van der Waals surface area contributed by atoms with E-state index in [1.54, 1.807) is 7.11 Å². The van der Waals surface area contributed by atoms with Gasteiger partial charge in [-0.2, -0.15) is 5.10 Å². The molecule has 0 bridgehead atoms. The van der Waals surface area contributed by atoms with E-state index in [1.165, 1.54) is 18.1 Å². The molecule has 0 aliphatic heterocycles. The summed E-state index contributed by atoms with van der Waals surface area (Å²) in [7, 11) is 1.59. The molecule has 2 rings (SSSR count). The molecule has 19 heavy (non-hydrogen) atoms. The molecule has 6 nitrogen and oxygen atoms in total. The van der Waals surface area contributed by atoms with Crippen LogP contribution < -0.4 is 4.74 Å². The Labute approximate surface area is 114 Å². The molecule has 0 radical (unpaired) electrons. The van der Waals surface area contributed by atoms with Crippen molar-refractivity contribution in [2.45, 2.75) is 16.8 Å². The van der Waals surface area contributed by atoms with E-state index in [1.807, 2.05) is 24.3 Å². The molecule has 0 spiro atoms. The SMILES string of the molecule is COc1ccc(C(CC(=O)O)Sc2ncn[nH]2)cc1. The number of carbonyl (C=O) groups is 1. The largest absolute Gasteiger partial charge is 0.497 e. The van der Waals surface area contributed by atoms with Crippen molar-refractivity contribution in [2.24, 2.45) is 0 Å². The van der Waals surface area contributed by atoms with Crippen LogP contribution in [-0.4, -0.2) is 33.4 Å². The average Bonchev–Trinajstić information content (AvgIpc) is 2.90. The van der Waals surface area contributed by atoms with Crippen LogP contribution in [0.1, 0.15) is 17.2 Å². The Bertz CT molecular complexity index is 528. The van der Waals surface area contributed by atoms with Gasteiger partial charge in [0, 0.05) is 5.25 Å². The molecule has 0 saturated heterocycles. The van der Waals surface area contributed by atoms with E-state index in [0.29, 0.717) is 5.16 Å². The number of carboxylic acids is 1. The molecule has 100 valence electrons. The van der Waals surface area contributed by atoms with E-state index in [2.05, 4.69) is 15.2 Å². The second-order valence-corrected chi connectivity index (χ2v) is 4.96. The van der Waals surface area contributed by atoms with Gasteiger partial charge in [-0.3, -0.25) is 9.89 Å². The highest BCUT2D eigenvalue weighted by Gasteiger charge is 2.18. The van der Waals surface area contributed by atoms with Crippen molar-refractivity contribution in [1.29, 1.82) is 0 Å². The van der Waals surface area contributed by atoms with Gasteiger partial charge in [0.15, 0.2) is 5.16 Å². The van der Waals surface area contributed by atoms with Crippen molar-refractivity contribution in [3.8, 4) is 5.75 Å². The monoisotopic (exact) mass is 279 g/mol. The summed E-state index contributed by atoms with van der Waals surface area (Å²) in [5.41, 5.74) is 0.907. The first-order chi connectivity index (χ1) is 9.19. The molecule has 0 amide bonds. The molecule has 1 unspecified atom stereocenters. The molecule has 2 aromatic rings. The van der Waals surface area contributed by atoms with E-state index < -0.39 is 5.97 Å². The Morgan fingerprint density at radius 1 is 1.47 bits per heavy atom. The summed E-state index contributed by atoms with van der Waals surface area (Å²) in [5, 5.41) is 15.8. The number of H-pyrrole nitrogens is 1. The van der Waals surface area contributed by atoms with Gasteiger partial charge >= 0.3 is 5.97 Å². The van der Waals surface area contributed by atoms with Crippen LogP contribution in [0.4, 0.5) is 0 Å². The predicted molar refractivity (Wildman–Crippen MR) is 70.2 cm³/mol. The van der Waals surface area contributed by atoms with Crippen LogP contribution in [0.3, 0.4) is 0 Å². The highest BCUT2D eigenvalue weighted by molar-refractivity contribution is 7.99. The Balaban J connectivity index is 2.17. The molecule has 0 aliphatic carbocycles. The van der Waals surface area contributed by atoms with Crippen LogP contribution in [0.25, 0.3) is 0 Å². The average molecular weight is 279 g/mol. The normalized spacial score (nSPS) is 12.1. The molecule has 1 aromatic carbocycles. The summed E-state index contributed by atoms with van der Waals surface area (Å²) in [4.78, 5) is 15.0. The number of methoxy groups -OCH3 is 1. The summed E-state index contributed by atoms with van der Waals surface area (Å²) in [6.07, 6.45) is 1.41. The van der Waals surface area contributed by atoms with Crippen molar-refractivity contribution in [2.75, 3.05) is 7.11 Å². The fraction of sp³-hybridized carbons (Fsp3) is 0.250. The number of benzene rings is 1. The van der Waals surface area contributed by atoms with E-state index >= 15 is 0 Å². The zero-order valence-electron chi connectivity index (χ0n) is 10.2. The smallest absolute Gasteiger partial charge is 0.304 e. The first-order valence-corrected chi connectivity index (χ1v) is 6.45. The lowest BCUT2D eigenvalue weighted by Crippen LogP contribution is -2.03. The van der Waals surface area contributed by atoms with E-state index in [9.17, 15) is 4.79 Å². The Morgan fingerprint density at radius 2 is 2.21 bits per heavy atom. The summed E-state index contributed by atoms with van der Waals surface area (Å²) >= 11 is 1.34. The van der Waals surface area contributed by atoms with Gasteiger partial charge in [0.2, 0.25) is 0 Å². The molecule has 0 saturated carbocycles. The van der Waals surface area contributed by atoms with Crippen LogP contribution >= 0.6 is 11.8 Å². The number of aliphatic carboxylic acids is 1. The molecule has 1 aromatic heterocycles. The molecular formula is C12H13N3O3S. The lowest BCUT2D eigenvalue weighted by atomic mass is 10.1. The maximum Gasteiger partial charge on any atom is 0.304 e. The third-order valence-corrected chi connectivity index (χ3v) is 3.64. The van der Waals surface area contributed by atoms with Crippen LogP contribution in [0, 0.1) is 0 Å². The number of hydrogen-bond acceptors (Lipinski definition) is 5. The molecule has 1 atom stereocenters. The molecule has 1 heterocycles. The number of nitrogens with one attached hydrogen (secondary N) is 1. The molecule has 2 N–H and O–H groups in total. The lowest BCUT2D eigenvalue weighted by molar-refractivity contribution is -0.137. The lowest BCUT2D eigenvalue weighted by Gasteiger charge is -2.13. The zero-order valence-corrected chi connectivity index (χ0v) is 11.1. The standard InChI is InChI=1S/C12H13N3O3S/c1-18-9-4-2-8(3-5-9)10(6-11(16)17)19-12-13-7-14-15-12/h2-5,7,10H,6H2,1H3,(H,16,17)(H,13,14,15). The molecule has 0 fully saturated rings. The Morgan fingerprint density at radius 3 is 2.74 bits per heavy atom. The minimum atomic E-state index is -0.854. The van der Waals surface area contributed by atoms with Gasteiger partial charge in [0.1, 0.15) is 12.1 Å². The topological polar surface area (TPSA) is 88.1 Å². The Hall–Kier alpha value is -2.02. The summed E-state index contributed by atoms with van der Waals surface area (Å²) in [6.45, 7) is 0. The van der Waals surface area contributed by atoms with Gasteiger partial charge in [0.25, 0.3) is 0 Å². The molecule has 0 aliphatic rings. The summed E-state index contributed by atoms with van der Waals surface area (Å²) < 4.78 is 5.08. The third kappa shape index (κ3) is 3.72. The van der Waals surface area contributed by atoms with Gasteiger partial charge in [-0.25, -0.2) is 4.98 Å². The first kappa shape index (κ1) is 13.4. The quantitative estimate of drug-likeness (QED) is 0.787. The highest BCUT2D eigenvalue weighted by atomic mass is 32.2. The van der Waals surface area contributed by atoms with Gasteiger partial charge in [-0.05, 0) is 17.7 Å². The number of aromatic nitrogens is 3. The predicted octanol–water partition coefficient (Wildman–Crippen LogP) is 2.12. The molecular weight excluding hydrogens is 266 g/mol.